The van der Waals surface area contributed by atoms with E-state index in [-0.39, 0.29) is 5.97 Å². The molecule has 0 aliphatic heterocycles. The number of aryl methyl sites for hydroxylation is 1. The maximum absolute atomic E-state index is 11.6. The number of aromatic nitrogens is 1. The quantitative estimate of drug-likeness (QED) is 0.450. The van der Waals surface area contributed by atoms with Gasteiger partial charge in [0.15, 0.2) is 6.29 Å². The average molecular weight is 301 g/mol. The molecule has 4 nitrogen and oxygen atoms in total. The second kappa shape index (κ2) is 7.78. The van der Waals surface area contributed by atoms with Crippen molar-refractivity contribution in [1.29, 1.82) is 0 Å². The summed E-state index contributed by atoms with van der Waals surface area (Å²) in [5.41, 5.74) is 2.97. The molecule has 1 N–H and O–H groups in total. The third-order valence-corrected chi connectivity index (χ3v) is 3.99. The molecule has 0 saturated carbocycles. The van der Waals surface area contributed by atoms with E-state index in [4.69, 9.17) is 4.74 Å². The number of rotatable bonds is 8. The Bertz CT molecular complexity index is 658. The topological polar surface area (TPSA) is 59.2 Å². The van der Waals surface area contributed by atoms with Crippen LogP contribution in [0.2, 0.25) is 0 Å². The Morgan fingerprint density at radius 1 is 1.23 bits per heavy atom. The lowest BCUT2D eigenvalue weighted by molar-refractivity contribution is 0.0601. The van der Waals surface area contributed by atoms with Gasteiger partial charge in [-0.2, -0.15) is 0 Å². The van der Waals surface area contributed by atoms with Crippen molar-refractivity contribution in [2.75, 3.05) is 7.11 Å². The SMILES string of the molecule is CCCCCCCc1[nH]c2cc(C(=O)OC)ccc2c1C=O. The summed E-state index contributed by atoms with van der Waals surface area (Å²) in [5.74, 6) is -0.370. The number of fused-ring (bicyclic) bond motifs is 1. The number of nitrogens with one attached hydrogen (secondary N) is 1. The van der Waals surface area contributed by atoms with E-state index in [1.54, 1.807) is 12.1 Å². The molecule has 0 spiro atoms. The van der Waals surface area contributed by atoms with Crippen molar-refractivity contribution >= 4 is 23.2 Å². The Hall–Kier alpha value is -2.10. The Morgan fingerprint density at radius 2 is 2.00 bits per heavy atom. The second-order valence-electron chi connectivity index (χ2n) is 5.55. The van der Waals surface area contributed by atoms with E-state index in [1.807, 2.05) is 6.07 Å². The van der Waals surface area contributed by atoms with E-state index < -0.39 is 0 Å². The monoisotopic (exact) mass is 301 g/mol. The predicted molar refractivity (Wildman–Crippen MR) is 87.5 cm³/mol. The Balaban J connectivity index is 2.19. The van der Waals surface area contributed by atoms with Gasteiger partial charge in [0.25, 0.3) is 0 Å². The van der Waals surface area contributed by atoms with Gasteiger partial charge in [0.05, 0.1) is 12.7 Å². The van der Waals surface area contributed by atoms with Gasteiger partial charge in [-0.1, -0.05) is 38.7 Å². The highest BCUT2D eigenvalue weighted by Crippen LogP contribution is 2.24. The molecular formula is C18H23NO3. The zero-order valence-corrected chi connectivity index (χ0v) is 13.3. The van der Waals surface area contributed by atoms with Crippen LogP contribution in [0.4, 0.5) is 0 Å². The van der Waals surface area contributed by atoms with Crippen molar-refractivity contribution in [3.05, 3.63) is 35.0 Å². The van der Waals surface area contributed by atoms with E-state index in [1.165, 1.54) is 32.8 Å². The molecule has 0 fully saturated rings. The van der Waals surface area contributed by atoms with E-state index in [0.717, 1.165) is 35.7 Å². The average Bonchev–Trinajstić information content (AvgIpc) is 2.90. The van der Waals surface area contributed by atoms with Gasteiger partial charge in [-0.05, 0) is 25.0 Å². The molecule has 1 aromatic heterocycles. The number of carbonyl (C=O) groups excluding carboxylic acids is 2. The van der Waals surface area contributed by atoms with Gasteiger partial charge in [0.2, 0.25) is 0 Å². The lowest BCUT2D eigenvalue weighted by atomic mass is 10.1. The molecule has 0 aliphatic rings. The molecule has 0 unspecified atom stereocenters. The van der Waals surface area contributed by atoms with Crippen LogP contribution in [-0.4, -0.2) is 24.3 Å². The van der Waals surface area contributed by atoms with Crippen LogP contribution < -0.4 is 0 Å². The van der Waals surface area contributed by atoms with Crippen LogP contribution in [0.3, 0.4) is 0 Å². The van der Waals surface area contributed by atoms with Gasteiger partial charge in [0, 0.05) is 22.2 Å². The fraction of sp³-hybridized carbons (Fsp3) is 0.444. The number of hydrogen-bond acceptors (Lipinski definition) is 3. The molecule has 118 valence electrons. The van der Waals surface area contributed by atoms with Gasteiger partial charge < -0.3 is 9.72 Å². The molecule has 0 radical (unpaired) electrons. The van der Waals surface area contributed by atoms with Crippen LogP contribution in [0.5, 0.6) is 0 Å². The first-order valence-corrected chi connectivity index (χ1v) is 7.89. The third kappa shape index (κ3) is 3.56. The number of aldehydes is 1. The van der Waals surface area contributed by atoms with E-state index in [2.05, 4.69) is 11.9 Å². The van der Waals surface area contributed by atoms with Gasteiger partial charge >= 0.3 is 5.97 Å². The Morgan fingerprint density at radius 3 is 2.68 bits per heavy atom. The summed E-state index contributed by atoms with van der Waals surface area (Å²) in [7, 11) is 1.36. The summed E-state index contributed by atoms with van der Waals surface area (Å²) in [6.07, 6.45) is 7.72. The predicted octanol–water partition coefficient (Wildman–Crippen LogP) is 4.28. The van der Waals surface area contributed by atoms with Gasteiger partial charge in [-0.3, -0.25) is 4.79 Å². The minimum Gasteiger partial charge on any atom is -0.465 e. The van der Waals surface area contributed by atoms with Crippen molar-refractivity contribution in [3.63, 3.8) is 0 Å². The number of ether oxygens (including phenoxy) is 1. The summed E-state index contributed by atoms with van der Waals surface area (Å²) in [6.45, 7) is 2.20. The van der Waals surface area contributed by atoms with Crippen LogP contribution >= 0.6 is 0 Å². The van der Waals surface area contributed by atoms with Gasteiger partial charge in [-0.25, -0.2) is 4.79 Å². The van der Waals surface area contributed by atoms with Crippen molar-refractivity contribution in [1.82, 2.24) is 4.98 Å². The van der Waals surface area contributed by atoms with Crippen molar-refractivity contribution < 1.29 is 14.3 Å². The first kappa shape index (κ1) is 16.3. The lowest BCUT2D eigenvalue weighted by Crippen LogP contribution is -2.00. The second-order valence-corrected chi connectivity index (χ2v) is 5.55. The van der Waals surface area contributed by atoms with Crippen LogP contribution in [0.25, 0.3) is 10.9 Å². The highest BCUT2D eigenvalue weighted by atomic mass is 16.5. The standard InChI is InChI=1S/C18H23NO3/c1-3-4-5-6-7-8-16-15(12-20)14-10-9-13(18(21)22-2)11-17(14)19-16/h9-12,19H,3-8H2,1-2H3. The molecule has 1 aromatic carbocycles. The number of carbonyl (C=O) groups is 2. The summed E-state index contributed by atoms with van der Waals surface area (Å²) >= 11 is 0. The molecule has 22 heavy (non-hydrogen) atoms. The lowest BCUT2D eigenvalue weighted by Gasteiger charge is -2.00. The van der Waals surface area contributed by atoms with E-state index >= 15 is 0 Å². The smallest absolute Gasteiger partial charge is 0.337 e. The molecule has 0 bridgehead atoms. The zero-order chi connectivity index (χ0) is 15.9. The zero-order valence-electron chi connectivity index (χ0n) is 13.3. The number of benzene rings is 1. The normalized spacial score (nSPS) is 10.8. The van der Waals surface area contributed by atoms with Gasteiger partial charge in [0.1, 0.15) is 0 Å². The number of aromatic amines is 1. The number of unbranched alkanes of at least 4 members (excludes halogenated alkanes) is 4. The molecule has 0 aliphatic carbocycles. The molecule has 0 amide bonds. The Labute approximate surface area is 130 Å². The van der Waals surface area contributed by atoms with Crippen molar-refractivity contribution in [3.8, 4) is 0 Å². The van der Waals surface area contributed by atoms with Crippen molar-refractivity contribution in [2.24, 2.45) is 0 Å². The van der Waals surface area contributed by atoms with Crippen LogP contribution in [0.1, 0.15) is 65.4 Å². The molecule has 1 heterocycles. The number of methoxy groups -OCH3 is 1. The third-order valence-electron chi connectivity index (χ3n) is 3.99. The van der Waals surface area contributed by atoms with E-state index in [9.17, 15) is 9.59 Å². The Kier molecular flexibility index (Phi) is 5.75. The first-order chi connectivity index (χ1) is 10.7. The summed E-state index contributed by atoms with van der Waals surface area (Å²) in [5, 5.41) is 0.867. The highest BCUT2D eigenvalue weighted by molar-refractivity contribution is 6.02. The number of hydrogen-bond donors (Lipinski definition) is 1. The van der Waals surface area contributed by atoms with Crippen LogP contribution in [0.15, 0.2) is 18.2 Å². The molecule has 2 aromatic rings. The minimum absolute atomic E-state index is 0.370. The largest absolute Gasteiger partial charge is 0.465 e. The van der Waals surface area contributed by atoms with Crippen LogP contribution in [-0.2, 0) is 11.2 Å². The van der Waals surface area contributed by atoms with Gasteiger partial charge in [-0.15, -0.1) is 0 Å². The number of esters is 1. The summed E-state index contributed by atoms with van der Waals surface area (Å²) in [4.78, 5) is 26.3. The highest BCUT2D eigenvalue weighted by Gasteiger charge is 2.13. The summed E-state index contributed by atoms with van der Waals surface area (Å²) in [6, 6.07) is 5.25. The fourth-order valence-corrected chi connectivity index (χ4v) is 2.76. The van der Waals surface area contributed by atoms with E-state index in [0.29, 0.717) is 11.1 Å². The molecule has 4 heteroatoms. The molecular weight excluding hydrogens is 278 g/mol. The number of H-pyrrole nitrogens is 1. The van der Waals surface area contributed by atoms with Crippen molar-refractivity contribution in [2.45, 2.75) is 45.4 Å². The fourth-order valence-electron chi connectivity index (χ4n) is 2.76. The molecule has 2 rings (SSSR count). The maximum atomic E-state index is 11.6. The first-order valence-electron chi connectivity index (χ1n) is 7.89. The maximum Gasteiger partial charge on any atom is 0.337 e. The molecule has 0 saturated heterocycles. The van der Waals surface area contributed by atoms with Crippen LogP contribution in [0, 0.1) is 0 Å². The minimum atomic E-state index is -0.370. The summed E-state index contributed by atoms with van der Waals surface area (Å²) < 4.78 is 4.73. The molecule has 0 atom stereocenters.